The molecule has 1 aliphatic rings. The van der Waals surface area contributed by atoms with Gasteiger partial charge in [0.15, 0.2) is 0 Å². The molecule has 1 unspecified atom stereocenters. The maximum absolute atomic E-state index is 12.9. The van der Waals surface area contributed by atoms with Crippen molar-refractivity contribution in [2.75, 3.05) is 44.7 Å². The first-order valence-electron chi connectivity index (χ1n) is 9.43. The third kappa shape index (κ3) is 6.03. The summed E-state index contributed by atoms with van der Waals surface area (Å²) in [6.45, 7) is 2.47. The number of nitrogens with zero attached hydrogens (tertiary/aromatic N) is 2. The Morgan fingerprint density at radius 1 is 1.13 bits per heavy atom. The van der Waals surface area contributed by atoms with E-state index in [0.717, 1.165) is 12.1 Å². The SMILES string of the molecule is COC(=O)c1cc(C(O)CN2CCN(c3cccc(C(F)(F)F)c3)CC2)ccc1O.Cl. The summed E-state index contributed by atoms with van der Waals surface area (Å²) >= 11 is 0. The molecule has 31 heavy (non-hydrogen) atoms. The Kier molecular flexibility index (Phi) is 8.16. The number of aromatic hydroxyl groups is 1. The minimum absolute atomic E-state index is 0. The molecule has 0 aromatic heterocycles. The molecule has 0 saturated carbocycles. The number of rotatable bonds is 5. The Bertz CT molecular complexity index is 902. The number of carbonyl (C=O) groups is 1. The lowest BCUT2D eigenvalue weighted by Gasteiger charge is -2.37. The van der Waals surface area contributed by atoms with Crippen LogP contribution in [0.3, 0.4) is 0 Å². The predicted octanol–water partition coefficient (Wildman–Crippen LogP) is 3.48. The molecule has 0 amide bonds. The Balaban J connectivity index is 0.00000341. The Hall–Kier alpha value is -2.49. The molecule has 0 spiro atoms. The monoisotopic (exact) mass is 460 g/mol. The first kappa shape index (κ1) is 24.8. The highest BCUT2D eigenvalue weighted by Gasteiger charge is 2.31. The highest BCUT2D eigenvalue weighted by Crippen LogP contribution is 2.32. The third-order valence-corrected chi connectivity index (χ3v) is 5.15. The van der Waals surface area contributed by atoms with E-state index < -0.39 is 23.8 Å². The number of hydrogen-bond acceptors (Lipinski definition) is 6. The van der Waals surface area contributed by atoms with Crippen molar-refractivity contribution in [2.24, 2.45) is 0 Å². The molecule has 1 atom stereocenters. The maximum Gasteiger partial charge on any atom is 0.416 e. The van der Waals surface area contributed by atoms with Crippen LogP contribution < -0.4 is 4.90 Å². The minimum Gasteiger partial charge on any atom is -0.507 e. The zero-order chi connectivity index (χ0) is 21.9. The number of piperazine rings is 1. The largest absolute Gasteiger partial charge is 0.507 e. The summed E-state index contributed by atoms with van der Waals surface area (Å²) in [7, 11) is 1.20. The number of carbonyl (C=O) groups excluding carboxylic acids is 1. The van der Waals surface area contributed by atoms with E-state index in [2.05, 4.69) is 4.74 Å². The van der Waals surface area contributed by atoms with E-state index in [0.29, 0.717) is 44.0 Å². The van der Waals surface area contributed by atoms with Gasteiger partial charge in [-0.2, -0.15) is 13.2 Å². The lowest BCUT2D eigenvalue weighted by atomic mass is 10.0. The molecule has 170 valence electrons. The fourth-order valence-corrected chi connectivity index (χ4v) is 3.45. The van der Waals surface area contributed by atoms with Gasteiger partial charge in [0.05, 0.1) is 18.8 Å². The minimum atomic E-state index is -4.38. The summed E-state index contributed by atoms with van der Waals surface area (Å²) in [5.41, 5.74) is 0.287. The van der Waals surface area contributed by atoms with Gasteiger partial charge in [0.2, 0.25) is 0 Å². The van der Waals surface area contributed by atoms with Gasteiger partial charge in [-0.25, -0.2) is 4.79 Å². The number of anilines is 1. The highest BCUT2D eigenvalue weighted by atomic mass is 35.5. The van der Waals surface area contributed by atoms with Crippen molar-refractivity contribution in [1.82, 2.24) is 4.90 Å². The van der Waals surface area contributed by atoms with Gasteiger partial charge in [0.1, 0.15) is 11.3 Å². The summed E-state index contributed by atoms with van der Waals surface area (Å²) < 4.78 is 43.4. The van der Waals surface area contributed by atoms with Crippen LogP contribution in [0.1, 0.15) is 27.6 Å². The number of phenolic OH excluding ortho intramolecular Hbond substituents is 1. The van der Waals surface area contributed by atoms with Crippen LogP contribution in [0.15, 0.2) is 42.5 Å². The van der Waals surface area contributed by atoms with Gasteiger partial charge in [0.25, 0.3) is 0 Å². The molecular weight excluding hydrogens is 437 g/mol. The molecule has 0 radical (unpaired) electrons. The van der Waals surface area contributed by atoms with Crippen molar-refractivity contribution >= 4 is 24.1 Å². The van der Waals surface area contributed by atoms with Crippen LogP contribution in [0.25, 0.3) is 0 Å². The number of hydrogen-bond donors (Lipinski definition) is 2. The van der Waals surface area contributed by atoms with Gasteiger partial charge in [0, 0.05) is 38.4 Å². The number of alkyl halides is 3. The zero-order valence-electron chi connectivity index (χ0n) is 16.8. The second-order valence-electron chi connectivity index (χ2n) is 7.12. The summed E-state index contributed by atoms with van der Waals surface area (Å²) in [4.78, 5) is 15.6. The maximum atomic E-state index is 12.9. The molecule has 2 aromatic carbocycles. The first-order valence-corrected chi connectivity index (χ1v) is 9.43. The number of halogens is 4. The highest BCUT2D eigenvalue weighted by molar-refractivity contribution is 5.92. The molecule has 2 N–H and O–H groups in total. The van der Waals surface area contributed by atoms with Crippen LogP contribution in [0.4, 0.5) is 18.9 Å². The molecule has 1 fully saturated rings. The molecule has 3 rings (SSSR count). The van der Waals surface area contributed by atoms with Crippen LogP contribution in [-0.2, 0) is 10.9 Å². The summed E-state index contributed by atoms with van der Waals surface area (Å²) in [5.74, 6) is -0.927. The normalized spacial score (nSPS) is 15.8. The molecule has 1 aliphatic heterocycles. The van der Waals surface area contributed by atoms with Crippen molar-refractivity contribution in [3.8, 4) is 5.75 Å². The molecule has 0 bridgehead atoms. The van der Waals surface area contributed by atoms with Gasteiger partial charge in [-0.1, -0.05) is 12.1 Å². The number of benzene rings is 2. The molecular formula is C21H24ClF3N2O4. The molecule has 1 heterocycles. The Morgan fingerprint density at radius 2 is 1.81 bits per heavy atom. The van der Waals surface area contributed by atoms with Crippen molar-refractivity contribution in [1.29, 1.82) is 0 Å². The summed E-state index contributed by atoms with van der Waals surface area (Å²) in [5, 5.41) is 20.3. The smallest absolute Gasteiger partial charge is 0.416 e. The molecule has 6 nitrogen and oxygen atoms in total. The van der Waals surface area contributed by atoms with Gasteiger partial charge in [-0.3, -0.25) is 4.90 Å². The summed E-state index contributed by atoms with van der Waals surface area (Å²) in [6.07, 6.45) is -5.27. The third-order valence-electron chi connectivity index (χ3n) is 5.15. The fourth-order valence-electron chi connectivity index (χ4n) is 3.45. The van der Waals surface area contributed by atoms with Crippen molar-refractivity contribution in [2.45, 2.75) is 12.3 Å². The number of phenols is 1. The van der Waals surface area contributed by atoms with E-state index in [-0.39, 0.29) is 23.7 Å². The number of esters is 1. The Labute approximate surface area is 184 Å². The topological polar surface area (TPSA) is 73.2 Å². The second kappa shape index (κ2) is 10.2. The van der Waals surface area contributed by atoms with Crippen LogP contribution in [0.2, 0.25) is 0 Å². The van der Waals surface area contributed by atoms with E-state index in [4.69, 9.17) is 0 Å². The van der Waals surface area contributed by atoms with Crippen molar-refractivity contribution in [3.63, 3.8) is 0 Å². The molecule has 1 saturated heterocycles. The number of ether oxygens (including phenoxy) is 1. The van der Waals surface area contributed by atoms with Crippen LogP contribution >= 0.6 is 12.4 Å². The number of aliphatic hydroxyl groups is 1. The second-order valence-corrected chi connectivity index (χ2v) is 7.12. The van der Waals surface area contributed by atoms with E-state index >= 15 is 0 Å². The average molecular weight is 461 g/mol. The van der Waals surface area contributed by atoms with Gasteiger partial charge >= 0.3 is 12.1 Å². The summed E-state index contributed by atoms with van der Waals surface area (Å²) in [6, 6.07) is 9.51. The first-order chi connectivity index (χ1) is 14.2. The number of aliphatic hydroxyl groups excluding tert-OH is 1. The van der Waals surface area contributed by atoms with Gasteiger partial charge in [-0.05, 0) is 35.9 Å². The van der Waals surface area contributed by atoms with E-state index in [1.54, 1.807) is 6.07 Å². The lowest BCUT2D eigenvalue weighted by molar-refractivity contribution is -0.137. The standard InChI is InChI=1S/C21H23F3N2O4.ClH/c1-30-20(29)17-11-14(5-6-18(17)27)19(28)13-25-7-9-26(10-8-25)16-4-2-3-15(12-16)21(22,23)24;/h2-6,11-12,19,27-28H,7-10,13H2,1H3;1H. The van der Waals surface area contributed by atoms with Gasteiger partial charge < -0.3 is 19.8 Å². The zero-order valence-corrected chi connectivity index (χ0v) is 17.6. The van der Waals surface area contributed by atoms with Crippen molar-refractivity contribution in [3.05, 3.63) is 59.2 Å². The predicted molar refractivity (Wildman–Crippen MR) is 112 cm³/mol. The van der Waals surface area contributed by atoms with E-state index in [9.17, 15) is 28.2 Å². The lowest BCUT2D eigenvalue weighted by Crippen LogP contribution is -2.47. The average Bonchev–Trinajstić information content (AvgIpc) is 2.73. The molecule has 10 heteroatoms. The van der Waals surface area contributed by atoms with Crippen LogP contribution in [0.5, 0.6) is 5.75 Å². The van der Waals surface area contributed by atoms with E-state index in [1.165, 1.54) is 31.4 Å². The van der Waals surface area contributed by atoms with Crippen LogP contribution in [-0.4, -0.2) is 60.9 Å². The quantitative estimate of drug-likeness (QED) is 0.666. The Morgan fingerprint density at radius 3 is 2.42 bits per heavy atom. The number of methoxy groups -OCH3 is 1. The molecule has 2 aromatic rings. The van der Waals surface area contributed by atoms with E-state index in [1.807, 2.05) is 9.80 Å². The van der Waals surface area contributed by atoms with Crippen LogP contribution in [0, 0.1) is 0 Å². The molecule has 0 aliphatic carbocycles. The van der Waals surface area contributed by atoms with Gasteiger partial charge in [-0.15, -0.1) is 12.4 Å². The van der Waals surface area contributed by atoms with Crippen molar-refractivity contribution < 1.29 is 32.9 Å². The fraction of sp³-hybridized carbons (Fsp3) is 0.381. The number of β-amino-alcohol motifs (C(OH)–C–C–N with tert-alkyl or cyclic N) is 1.